The lowest BCUT2D eigenvalue weighted by molar-refractivity contribution is 0.0792. The topological polar surface area (TPSA) is 62.6 Å². The number of nitrogens with zero attached hydrogens (tertiary/aromatic N) is 1. The fraction of sp³-hybridized carbons (Fsp3) is 0.250. The molecule has 21 heavy (non-hydrogen) atoms. The Bertz CT molecular complexity index is 643. The molecule has 0 saturated carbocycles. The van der Waals surface area contributed by atoms with Crippen LogP contribution >= 0.6 is 0 Å². The van der Waals surface area contributed by atoms with Crippen LogP contribution in [0.4, 0.5) is 5.69 Å². The summed E-state index contributed by atoms with van der Waals surface area (Å²) in [4.78, 5) is 26.1. The number of benzene rings is 1. The Morgan fingerprint density at radius 1 is 1.10 bits per heavy atom. The lowest BCUT2D eigenvalue weighted by atomic mass is 10.1. The molecule has 0 atom stereocenters. The van der Waals surface area contributed by atoms with Gasteiger partial charge in [-0.3, -0.25) is 9.59 Å². The van der Waals surface area contributed by atoms with Gasteiger partial charge in [0.2, 0.25) is 0 Å². The number of nitrogens with one attached hydrogen (secondary N) is 1. The first-order chi connectivity index (χ1) is 10.2. The van der Waals surface area contributed by atoms with E-state index >= 15 is 0 Å². The average molecular weight is 284 g/mol. The molecule has 0 radical (unpaired) electrons. The molecule has 1 fully saturated rings. The molecule has 3 rings (SSSR count). The van der Waals surface area contributed by atoms with E-state index in [9.17, 15) is 9.59 Å². The van der Waals surface area contributed by atoms with E-state index in [-0.39, 0.29) is 11.8 Å². The predicted molar refractivity (Wildman–Crippen MR) is 78.2 cm³/mol. The standard InChI is InChI=1S/C16H16N2O3/c19-15(13-6-9-21-11-13)17-14-5-3-4-12(10-14)16(20)18-7-1-2-8-18/h3-6,9-11H,1-2,7-8H2,(H,17,19). The Labute approximate surface area is 122 Å². The van der Waals surface area contributed by atoms with Crippen molar-refractivity contribution in [3.05, 3.63) is 54.0 Å². The van der Waals surface area contributed by atoms with E-state index in [0.717, 1.165) is 25.9 Å². The van der Waals surface area contributed by atoms with E-state index in [1.165, 1.54) is 12.5 Å². The molecule has 0 unspecified atom stereocenters. The van der Waals surface area contributed by atoms with Gasteiger partial charge in [0.15, 0.2) is 0 Å². The molecular formula is C16H16N2O3. The molecule has 5 heteroatoms. The minimum absolute atomic E-state index is 0.0203. The molecular weight excluding hydrogens is 268 g/mol. The van der Waals surface area contributed by atoms with Crippen LogP contribution in [-0.2, 0) is 0 Å². The van der Waals surface area contributed by atoms with Crippen LogP contribution in [0, 0.1) is 0 Å². The van der Waals surface area contributed by atoms with Crippen LogP contribution in [0.25, 0.3) is 0 Å². The second kappa shape index (κ2) is 5.83. The highest BCUT2D eigenvalue weighted by atomic mass is 16.3. The van der Waals surface area contributed by atoms with Gasteiger partial charge in [-0.05, 0) is 37.1 Å². The van der Waals surface area contributed by atoms with Gasteiger partial charge < -0.3 is 14.6 Å². The van der Waals surface area contributed by atoms with Gasteiger partial charge in [0, 0.05) is 24.3 Å². The molecule has 2 heterocycles. The van der Waals surface area contributed by atoms with Crippen LogP contribution in [0.5, 0.6) is 0 Å². The van der Waals surface area contributed by atoms with Gasteiger partial charge in [0.25, 0.3) is 11.8 Å². The fourth-order valence-corrected chi connectivity index (χ4v) is 2.43. The van der Waals surface area contributed by atoms with Crippen LogP contribution in [-0.4, -0.2) is 29.8 Å². The third-order valence-corrected chi connectivity index (χ3v) is 3.54. The zero-order chi connectivity index (χ0) is 14.7. The van der Waals surface area contributed by atoms with Crippen LogP contribution < -0.4 is 5.32 Å². The molecule has 1 aromatic heterocycles. The monoisotopic (exact) mass is 284 g/mol. The first kappa shape index (κ1) is 13.4. The summed E-state index contributed by atoms with van der Waals surface area (Å²) in [7, 11) is 0. The molecule has 0 bridgehead atoms. The quantitative estimate of drug-likeness (QED) is 0.942. The molecule has 108 valence electrons. The molecule has 0 spiro atoms. The minimum atomic E-state index is -0.255. The Balaban J connectivity index is 1.74. The van der Waals surface area contributed by atoms with Gasteiger partial charge in [-0.1, -0.05) is 6.07 Å². The SMILES string of the molecule is O=C(Nc1cccc(C(=O)N2CCCC2)c1)c1ccoc1. The second-order valence-electron chi connectivity index (χ2n) is 5.05. The summed E-state index contributed by atoms with van der Waals surface area (Å²) in [5.74, 6) is -0.235. The molecule has 1 aliphatic rings. The van der Waals surface area contributed by atoms with Crippen molar-refractivity contribution in [3.8, 4) is 0 Å². The number of likely N-dealkylation sites (tertiary alicyclic amines) is 1. The van der Waals surface area contributed by atoms with Crippen molar-refractivity contribution in [2.75, 3.05) is 18.4 Å². The van der Waals surface area contributed by atoms with E-state index in [4.69, 9.17) is 4.42 Å². The summed E-state index contributed by atoms with van der Waals surface area (Å²) < 4.78 is 4.88. The molecule has 0 aliphatic carbocycles. The number of hydrogen-bond acceptors (Lipinski definition) is 3. The van der Waals surface area contributed by atoms with Crippen molar-refractivity contribution < 1.29 is 14.0 Å². The number of anilines is 1. The number of furan rings is 1. The van der Waals surface area contributed by atoms with E-state index in [1.54, 1.807) is 30.3 Å². The molecule has 2 aromatic rings. The van der Waals surface area contributed by atoms with Crippen molar-refractivity contribution in [1.82, 2.24) is 4.90 Å². The number of amides is 2. The highest BCUT2D eigenvalue weighted by Gasteiger charge is 2.19. The van der Waals surface area contributed by atoms with Crippen LogP contribution in [0.3, 0.4) is 0 Å². The number of carbonyl (C=O) groups is 2. The van der Waals surface area contributed by atoms with E-state index < -0.39 is 0 Å². The second-order valence-corrected chi connectivity index (χ2v) is 5.05. The normalized spacial score (nSPS) is 14.2. The van der Waals surface area contributed by atoms with Crippen LogP contribution in [0.1, 0.15) is 33.6 Å². The summed E-state index contributed by atoms with van der Waals surface area (Å²) in [6, 6.07) is 8.61. The van der Waals surface area contributed by atoms with Gasteiger partial charge in [0.1, 0.15) is 6.26 Å². The first-order valence-corrected chi connectivity index (χ1v) is 6.97. The molecule has 1 aliphatic heterocycles. The zero-order valence-electron chi connectivity index (χ0n) is 11.5. The molecule has 5 nitrogen and oxygen atoms in total. The van der Waals surface area contributed by atoms with E-state index in [0.29, 0.717) is 16.8 Å². The summed E-state index contributed by atoms with van der Waals surface area (Å²) in [5, 5.41) is 2.76. The number of carbonyl (C=O) groups excluding carboxylic acids is 2. The van der Waals surface area contributed by atoms with Gasteiger partial charge in [-0.25, -0.2) is 0 Å². The van der Waals surface area contributed by atoms with Crippen molar-refractivity contribution in [3.63, 3.8) is 0 Å². The molecule has 1 saturated heterocycles. The van der Waals surface area contributed by atoms with Gasteiger partial charge >= 0.3 is 0 Å². The van der Waals surface area contributed by atoms with Gasteiger partial charge in [-0.2, -0.15) is 0 Å². The Morgan fingerprint density at radius 3 is 2.62 bits per heavy atom. The summed E-state index contributed by atoms with van der Waals surface area (Å²) in [6.07, 6.45) is 4.95. The first-order valence-electron chi connectivity index (χ1n) is 6.97. The van der Waals surface area contributed by atoms with Crippen molar-refractivity contribution in [2.45, 2.75) is 12.8 Å². The smallest absolute Gasteiger partial charge is 0.258 e. The average Bonchev–Trinajstić information content (AvgIpc) is 3.20. The maximum atomic E-state index is 12.3. The van der Waals surface area contributed by atoms with Gasteiger partial charge in [0.05, 0.1) is 11.8 Å². The van der Waals surface area contributed by atoms with Crippen molar-refractivity contribution in [1.29, 1.82) is 0 Å². The largest absolute Gasteiger partial charge is 0.472 e. The predicted octanol–water partition coefficient (Wildman–Crippen LogP) is 2.77. The maximum Gasteiger partial charge on any atom is 0.258 e. The van der Waals surface area contributed by atoms with Crippen LogP contribution in [0.2, 0.25) is 0 Å². The highest BCUT2D eigenvalue weighted by Crippen LogP contribution is 2.17. The van der Waals surface area contributed by atoms with E-state index in [1.807, 2.05) is 4.90 Å². The van der Waals surface area contributed by atoms with Crippen molar-refractivity contribution in [2.24, 2.45) is 0 Å². The lowest BCUT2D eigenvalue weighted by Crippen LogP contribution is -2.27. The fourth-order valence-electron chi connectivity index (χ4n) is 2.43. The highest BCUT2D eigenvalue weighted by molar-refractivity contribution is 6.04. The molecule has 2 amide bonds. The summed E-state index contributed by atoms with van der Waals surface area (Å²) in [5.41, 5.74) is 1.65. The Kier molecular flexibility index (Phi) is 3.73. The third-order valence-electron chi connectivity index (χ3n) is 3.54. The summed E-state index contributed by atoms with van der Waals surface area (Å²) >= 11 is 0. The lowest BCUT2D eigenvalue weighted by Gasteiger charge is -2.15. The Morgan fingerprint density at radius 2 is 1.90 bits per heavy atom. The molecule has 1 aromatic carbocycles. The Hall–Kier alpha value is -2.56. The van der Waals surface area contributed by atoms with E-state index in [2.05, 4.69) is 5.32 Å². The third kappa shape index (κ3) is 2.97. The minimum Gasteiger partial charge on any atom is -0.472 e. The summed E-state index contributed by atoms with van der Waals surface area (Å²) in [6.45, 7) is 1.62. The van der Waals surface area contributed by atoms with Gasteiger partial charge in [-0.15, -0.1) is 0 Å². The zero-order valence-corrected chi connectivity index (χ0v) is 11.5. The molecule has 1 N–H and O–H groups in total. The van der Waals surface area contributed by atoms with Crippen molar-refractivity contribution >= 4 is 17.5 Å². The number of hydrogen-bond donors (Lipinski definition) is 1. The number of rotatable bonds is 3. The van der Waals surface area contributed by atoms with Crippen LogP contribution in [0.15, 0.2) is 47.3 Å². The maximum absolute atomic E-state index is 12.3.